The molecule has 1 fully saturated rings. The quantitative estimate of drug-likeness (QED) is 0.858. The Hall–Kier alpha value is -2.09. The van der Waals surface area contributed by atoms with Gasteiger partial charge < -0.3 is 9.64 Å². The average molecular weight is 340 g/mol. The van der Waals surface area contributed by atoms with E-state index in [1.165, 1.54) is 0 Å². The van der Waals surface area contributed by atoms with E-state index in [0.29, 0.717) is 24.6 Å². The van der Waals surface area contributed by atoms with Gasteiger partial charge in [0.2, 0.25) is 0 Å². The van der Waals surface area contributed by atoms with Crippen molar-refractivity contribution in [2.75, 3.05) is 32.2 Å². The molecule has 0 saturated carbocycles. The summed E-state index contributed by atoms with van der Waals surface area (Å²) in [5, 5.41) is 4.12. The number of benzene rings is 1. The highest BCUT2D eigenvalue weighted by atomic mass is 19.4. The lowest BCUT2D eigenvalue weighted by Crippen LogP contribution is -2.19. The van der Waals surface area contributed by atoms with Crippen LogP contribution in [0, 0.1) is 0 Å². The van der Waals surface area contributed by atoms with Gasteiger partial charge in [0.25, 0.3) is 0 Å². The van der Waals surface area contributed by atoms with Gasteiger partial charge in [-0.05, 0) is 18.6 Å². The molecule has 1 aliphatic rings. The maximum atomic E-state index is 12.9. The molecule has 0 aliphatic carbocycles. The number of rotatable bonds is 4. The minimum Gasteiger partial charge on any atom is -0.381 e. The molecule has 0 amide bonds. The Labute approximate surface area is 138 Å². The van der Waals surface area contributed by atoms with Crippen LogP contribution in [0.15, 0.2) is 24.3 Å². The zero-order valence-electron chi connectivity index (χ0n) is 13.5. The normalized spacial score (nSPS) is 18.1. The van der Waals surface area contributed by atoms with E-state index >= 15 is 0 Å². The van der Waals surface area contributed by atoms with Gasteiger partial charge in [0, 0.05) is 37.9 Å². The predicted octanol–water partition coefficient (Wildman–Crippen LogP) is 3.08. The zero-order valence-corrected chi connectivity index (χ0v) is 13.5. The SMILES string of the molecule is CN(C)c1cccc(-c2nc(C3CCOC3)nn2CC(F)(F)F)c1. The number of anilines is 1. The molecule has 1 unspecified atom stereocenters. The fraction of sp³-hybridized carbons (Fsp3) is 0.500. The summed E-state index contributed by atoms with van der Waals surface area (Å²) in [6.07, 6.45) is -3.63. The molecule has 0 N–H and O–H groups in total. The second-order valence-corrected chi connectivity index (χ2v) is 6.07. The number of hydrogen-bond acceptors (Lipinski definition) is 4. The minimum absolute atomic E-state index is 0.0461. The van der Waals surface area contributed by atoms with Crippen LogP contribution in [0.5, 0.6) is 0 Å². The van der Waals surface area contributed by atoms with E-state index in [1.807, 2.05) is 31.1 Å². The Morgan fingerprint density at radius 3 is 2.75 bits per heavy atom. The van der Waals surface area contributed by atoms with Crippen molar-refractivity contribution >= 4 is 5.69 Å². The summed E-state index contributed by atoms with van der Waals surface area (Å²) in [4.78, 5) is 6.29. The van der Waals surface area contributed by atoms with E-state index < -0.39 is 12.7 Å². The third-order valence-corrected chi connectivity index (χ3v) is 3.93. The molecule has 3 rings (SSSR count). The molecule has 2 heterocycles. The van der Waals surface area contributed by atoms with Gasteiger partial charge in [0.15, 0.2) is 11.6 Å². The number of halogens is 3. The molecular weight excluding hydrogens is 321 g/mol. The molecule has 5 nitrogen and oxygen atoms in total. The van der Waals surface area contributed by atoms with Crippen molar-refractivity contribution in [2.45, 2.75) is 25.1 Å². The van der Waals surface area contributed by atoms with Crippen LogP contribution in [0.2, 0.25) is 0 Å². The monoisotopic (exact) mass is 340 g/mol. The summed E-state index contributed by atoms with van der Waals surface area (Å²) in [6, 6.07) is 7.25. The number of nitrogens with zero attached hydrogens (tertiary/aromatic N) is 4. The molecule has 130 valence electrons. The second-order valence-electron chi connectivity index (χ2n) is 6.07. The zero-order chi connectivity index (χ0) is 17.3. The summed E-state index contributed by atoms with van der Waals surface area (Å²) >= 11 is 0. The number of ether oxygens (including phenoxy) is 1. The third-order valence-electron chi connectivity index (χ3n) is 3.93. The van der Waals surface area contributed by atoms with Crippen LogP contribution in [0.25, 0.3) is 11.4 Å². The van der Waals surface area contributed by atoms with Crippen molar-refractivity contribution in [2.24, 2.45) is 0 Å². The van der Waals surface area contributed by atoms with E-state index in [4.69, 9.17) is 4.74 Å². The standard InChI is InChI=1S/C16H19F3N4O/c1-22(2)13-5-3-4-11(8-13)15-20-14(12-6-7-24-9-12)21-23(15)10-16(17,18)19/h3-5,8,12H,6-7,9-10H2,1-2H3. The summed E-state index contributed by atoms with van der Waals surface area (Å²) in [7, 11) is 3.75. The largest absolute Gasteiger partial charge is 0.408 e. The molecule has 1 saturated heterocycles. The van der Waals surface area contributed by atoms with Crippen LogP contribution in [0.4, 0.5) is 18.9 Å². The van der Waals surface area contributed by atoms with Crippen LogP contribution in [-0.2, 0) is 11.3 Å². The highest BCUT2D eigenvalue weighted by Gasteiger charge is 2.32. The van der Waals surface area contributed by atoms with Crippen molar-refractivity contribution in [3.8, 4) is 11.4 Å². The summed E-state index contributed by atoms with van der Waals surface area (Å²) in [6.45, 7) is -0.119. The second kappa shape index (κ2) is 6.43. The minimum atomic E-state index is -4.36. The molecule has 1 atom stereocenters. The van der Waals surface area contributed by atoms with Gasteiger partial charge in [0.05, 0.1) is 6.61 Å². The van der Waals surface area contributed by atoms with Crippen LogP contribution < -0.4 is 4.90 Å². The highest BCUT2D eigenvalue weighted by molar-refractivity contribution is 5.63. The van der Waals surface area contributed by atoms with E-state index in [0.717, 1.165) is 16.8 Å². The molecule has 8 heteroatoms. The molecule has 1 aliphatic heterocycles. The summed E-state index contributed by atoms with van der Waals surface area (Å²) in [5.41, 5.74) is 1.50. The first kappa shape index (κ1) is 16.8. The van der Waals surface area contributed by atoms with Crippen LogP contribution in [0.3, 0.4) is 0 Å². The molecule has 0 bridgehead atoms. The first-order chi connectivity index (χ1) is 11.3. The number of aromatic nitrogens is 3. The van der Waals surface area contributed by atoms with E-state index in [1.54, 1.807) is 12.1 Å². The third kappa shape index (κ3) is 3.69. The highest BCUT2D eigenvalue weighted by Crippen LogP contribution is 2.29. The van der Waals surface area contributed by atoms with Gasteiger partial charge in [0.1, 0.15) is 6.54 Å². The smallest absolute Gasteiger partial charge is 0.381 e. The van der Waals surface area contributed by atoms with Crippen LogP contribution in [0.1, 0.15) is 18.2 Å². The van der Waals surface area contributed by atoms with Crippen molar-refractivity contribution < 1.29 is 17.9 Å². The molecular formula is C16H19F3N4O. The van der Waals surface area contributed by atoms with Gasteiger partial charge in [-0.3, -0.25) is 0 Å². The fourth-order valence-electron chi connectivity index (χ4n) is 2.69. The van der Waals surface area contributed by atoms with E-state index in [-0.39, 0.29) is 11.7 Å². The number of hydrogen-bond donors (Lipinski definition) is 0. The van der Waals surface area contributed by atoms with Crippen molar-refractivity contribution in [3.63, 3.8) is 0 Å². The van der Waals surface area contributed by atoms with Gasteiger partial charge in [-0.2, -0.15) is 18.3 Å². The van der Waals surface area contributed by atoms with Crippen molar-refractivity contribution in [1.82, 2.24) is 14.8 Å². The maximum absolute atomic E-state index is 12.9. The van der Waals surface area contributed by atoms with Gasteiger partial charge in [-0.25, -0.2) is 9.67 Å². The van der Waals surface area contributed by atoms with E-state index in [9.17, 15) is 13.2 Å². The Balaban J connectivity index is 2.02. The van der Waals surface area contributed by atoms with Crippen molar-refractivity contribution in [3.05, 3.63) is 30.1 Å². The number of alkyl halides is 3. The first-order valence-electron chi connectivity index (χ1n) is 7.70. The topological polar surface area (TPSA) is 43.2 Å². The lowest BCUT2D eigenvalue weighted by molar-refractivity contribution is -0.142. The summed E-state index contributed by atoms with van der Waals surface area (Å²) < 4.78 is 45.0. The fourth-order valence-corrected chi connectivity index (χ4v) is 2.69. The Bertz CT molecular complexity index is 706. The van der Waals surface area contributed by atoms with E-state index in [2.05, 4.69) is 10.1 Å². The molecule has 0 spiro atoms. The Morgan fingerprint density at radius 1 is 1.33 bits per heavy atom. The van der Waals surface area contributed by atoms with Gasteiger partial charge >= 0.3 is 6.18 Å². The molecule has 0 radical (unpaired) electrons. The van der Waals surface area contributed by atoms with Gasteiger partial charge in [-0.1, -0.05) is 12.1 Å². The first-order valence-corrected chi connectivity index (χ1v) is 7.70. The Kier molecular flexibility index (Phi) is 4.49. The molecule has 24 heavy (non-hydrogen) atoms. The predicted molar refractivity (Wildman–Crippen MR) is 84.0 cm³/mol. The molecule has 1 aromatic carbocycles. The lowest BCUT2D eigenvalue weighted by atomic mass is 10.1. The van der Waals surface area contributed by atoms with Crippen LogP contribution >= 0.6 is 0 Å². The van der Waals surface area contributed by atoms with Gasteiger partial charge in [-0.15, -0.1) is 0 Å². The summed E-state index contributed by atoms with van der Waals surface area (Å²) in [5.74, 6) is 0.607. The average Bonchev–Trinajstić information content (AvgIpc) is 3.15. The Morgan fingerprint density at radius 2 is 2.12 bits per heavy atom. The van der Waals surface area contributed by atoms with Crippen molar-refractivity contribution in [1.29, 1.82) is 0 Å². The lowest BCUT2D eigenvalue weighted by Gasteiger charge is -2.14. The molecule has 1 aromatic heterocycles. The maximum Gasteiger partial charge on any atom is 0.408 e. The molecule has 2 aromatic rings. The van der Waals surface area contributed by atoms with Crippen LogP contribution in [-0.4, -0.2) is 48.2 Å².